The van der Waals surface area contributed by atoms with E-state index in [2.05, 4.69) is 15.5 Å². The van der Waals surface area contributed by atoms with E-state index in [1.807, 2.05) is 35.7 Å². The molecule has 2 aromatic heterocycles. The molecule has 3 aromatic rings. The number of rotatable bonds is 3. The molecular weight excluding hydrogens is 274 g/mol. The van der Waals surface area contributed by atoms with E-state index in [4.69, 9.17) is 4.52 Å². The molecule has 6 heteroatoms. The number of nitrogens with zero attached hydrogens (tertiary/aromatic N) is 2. The van der Waals surface area contributed by atoms with Crippen LogP contribution in [0.3, 0.4) is 0 Å². The van der Waals surface area contributed by atoms with E-state index in [-0.39, 0.29) is 5.91 Å². The average Bonchev–Trinajstić information content (AvgIpc) is 3.10. The molecule has 0 unspecified atom stereocenters. The molecule has 0 atom stereocenters. The standard InChI is InChI=1S/C14H11N3O2S/c1-9-15-13(17-19-9)10-4-2-5-11(8-10)16-14(18)12-6-3-7-20-12/h2-8H,1H3,(H,16,18). The highest BCUT2D eigenvalue weighted by atomic mass is 32.1. The van der Waals surface area contributed by atoms with Crippen LogP contribution in [0.2, 0.25) is 0 Å². The smallest absolute Gasteiger partial charge is 0.265 e. The molecule has 0 aliphatic carbocycles. The summed E-state index contributed by atoms with van der Waals surface area (Å²) in [5, 5.41) is 8.57. The van der Waals surface area contributed by atoms with Gasteiger partial charge in [0.1, 0.15) is 0 Å². The second kappa shape index (κ2) is 5.26. The summed E-state index contributed by atoms with van der Waals surface area (Å²) >= 11 is 1.40. The normalized spacial score (nSPS) is 10.4. The Bertz CT molecular complexity index is 734. The Morgan fingerprint density at radius 2 is 2.20 bits per heavy atom. The van der Waals surface area contributed by atoms with Crippen molar-refractivity contribution in [2.75, 3.05) is 5.32 Å². The highest BCUT2D eigenvalue weighted by molar-refractivity contribution is 7.12. The van der Waals surface area contributed by atoms with Crippen LogP contribution < -0.4 is 5.32 Å². The van der Waals surface area contributed by atoms with Gasteiger partial charge in [0.05, 0.1) is 4.88 Å². The molecule has 1 amide bonds. The SMILES string of the molecule is Cc1nc(-c2cccc(NC(=O)c3cccs3)c2)no1. The molecule has 3 rings (SSSR count). The van der Waals surface area contributed by atoms with E-state index < -0.39 is 0 Å². The summed E-state index contributed by atoms with van der Waals surface area (Å²) < 4.78 is 4.95. The topological polar surface area (TPSA) is 68.0 Å². The highest BCUT2D eigenvalue weighted by Gasteiger charge is 2.09. The molecule has 0 bridgehead atoms. The summed E-state index contributed by atoms with van der Waals surface area (Å²) in [6.07, 6.45) is 0. The third-order valence-electron chi connectivity index (χ3n) is 2.65. The van der Waals surface area contributed by atoms with Gasteiger partial charge in [-0.3, -0.25) is 4.79 Å². The Labute approximate surface area is 119 Å². The van der Waals surface area contributed by atoms with Crippen LogP contribution in [0.1, 0.15) is 15.6 Å². The predicted octanol–water partition coefficient (Wildman–Crippen LogP) is 3.36. The van der Waals surface area contributed by atoms with Gasteiger partial charge in [0.15, 0.2) is 0 Å². The fraction of sp³-hybridized carbons (Fsp3) is 0.0714. The van der Waals surface area contributed by atoms with Gasteiger partial charge in [0.25, 0.3) is 5.91 Å². The van der Waals surface area contributed by atoms with Gasteiger partial charge in [-0.2, -0.15) is 4.98 Å². The number of aryl methyl sites for hydroxylation is 1. The van der Waals surface area contributed by atoms with Gasteiger partial charge >= 0.3 is 0 Å². The summed E-state index contributed by atoms with van der Waals surface area (Å²) in [5.74, 6) is 0.893. The fourth-order valence-corrected chi connectivity index (χ4v) is 2.37. The molecule has 0 fully saturated rings. The van der Waals surface area contributed by atoms with Crippen molar-refractivity contribution in [1.29, 1.82) is 0 Å². The maximum Gasteiger partial charge on any atom is 0.265 e. The van der Waals surface area contributed by atoms with Crippen molar-refractivity contribution in [1.82, 2.24) is 10.1 Å². The third-order valence-corrected chi connectivity index (χ3v) is 3.52. The largest absolute Gasteiger partial charge is 0.339 e. The lowest BCUT2D eigenvalue weighted by molar-refractivity contribution is 0.103. The zero-order valence-electron chi connectivity index (χ0n) is 10.7. The minimum atomic E-state index is -0.124. The summed E-state index contributed by atoms with van der Waals surface area (Å²) in [4.78, 5) is 16.8. The first-order valence-corrected chi connectivity index (χ1v) is 6.86. The zero-order valence-corrected chi connectivity index (χ0v) is 11.5. The van der Waals surface area contributed by atoms with Crippen LogP contribution in [0.5, 0.6) is 0 Å². The van der Waals surface area contributed by atoms with Crippen molar-refractivity contribution in [3.8, 4) is 11.4 Å². The number of amides is 1. The average molecular weight is 285 g/mol. The maximum absolute atomic E-state index is 12.0. The van der Waals surface area contributed by atoms with Crippen LogP contribution in [0.25, 0.3) is 11.4 Å². The maximum atomic E-state index is 12.0. The number of hydrogen-bond donors (Lipinski definition) is 1. The van der Waals surface area contributed by atoms with E-state index in [0.29, 0.717) is 22.3 Å². The first-order valence-electron chi connectivity index (χ1n) is 5.98. The van der Waals surface area contributed by atoms with Crippen molar-refractivity contribution in [2.45, 2.75) is 6.92 Å². The summed E-state index contributed by atoms with van der Waals surface area (Å²) in [7, 11) is 0. The fourth-order valence-electron chi connectivity index (χ4n) is 1.75. The van der Waals surface area contributed by atoms with E-state index in [0.717, 1.165) is 5.56 Å². The molecule has 2 heterocycles. The first-order chi connectivity index (χ1) is 9.72. The Balaban J connectivity index is 1.83. The zero-order chi connectivity index (χ0) is 13.9. The minimum Gasteiger partial charge on any atom is -0.339 e. The van der Waals surface area contributed by atoms with Gasteiger partial charge < -0.3 is 9.84 Å². The second-order valence-corrected chi connectivity index (χ2v) is 5.10. The second-order valence-electron chi connectivity index (χ2n) is 4.15. The number of nitrogens with one attached hydrogen (secondary N) is 1. The molecule has 5 nitrogen and oxygen atoms in total. The molecule has 0 saturated heterocycles. The molecule has 1 aromatic carbocycles. The van der Waals surface area contributed by atoms with Crippen LogP contribution in [-0.2, 0) is 0 Å². The first kappa shape index (κ1) is 12.6. The van der Waals surface area contributed by atoms with Gasteiger partial charge in [-0.1, -0.05) is 23.4 Å². The molecule has 0 aliphatic rings. The third kappa shape index (κ3) is 2.60. The van der Waals surface area contributed by atoms with Crippen LogP contribution >= 0.6 is 11.3 Å². The number of carbonyl (C=O) groups excluding carboxylic acids is 1. The van der Waals surface area contributed by atoms with Gasteiger partial charge in [0.2, 0.25) is 11.7 Å². The summed E-state index contributed by atoms with van der Waals surface area (Å²) in [6, 6.07) is 11.0. The van der Waals surface area contributed by atoms with Crippen molar-refractivity contribution in [2.24, 2.45) is 0 Å². The lowest BCUT2D eigenvalue weighted by atomic mass is 10.2. The molecule has 20 heavy (non-hydrogen) atoms. The minimum absolute atomic E-state index is 0.124. The molecular formula is C14H11N3O2S. The molecule has 1 N–H and O–H groups in total. The predicted molar refractivity (Wildman–Crippen MR) is 76.7 cm³/mol. The Morgan fingerprint density at radius 1 is 1.30 bits per heavy atom. The van der Waals surface area contributed by atoms with E-state index in [1.165, 1.54) is 11.3 Å². The van der Waals surface area contributed by atoms with Gasteiger partial charge in [-0.15, -0.1) is 11.3 Å². The van der Waals surface area contributed by atoms with Gasteiger partial charge in [-0.05, 0) is 23.6 Å². The van der Waals surface area contributed by atoms with Crippen molar-refractivity contribution in [3.05, 3.63) is 52.5 Å². The molecule has 100 valence electrons. The summed E-state index contributed by atoms with van der Waals surface area (Å²) in [6.45, 7) is 1.74. The molecule has 0 saturated carbocycles. The number of carbonyl (C=O) groups is 1. The van der Waals surface area contributed by atoms with Crippen molar-refractivity contribution in [3.63, 3.8) is 0 Å². The Hall–Kier alpha value is -2.47. The monoisotopic (exact) mass is 285 g/mol. The van der Waals surface area contributed by atoms with Gasteiger partial charge in [-0.25, -0.2) is 0 Å². The van der Waals surface area contributed by atoms with Crippen LogP contribution in [0.15, 0.2) is 46.3 Å². The summed E-state index contributed by atoms with van der Waals surface area (Å²) in [5.41, 5.74) is 1.49. The van der Waals surface area contributed by atoms with Crippen LogP contribution in [0, 0.1) is 6.92 Å². The Kier molecular flexibility index (Phi) is 3.30. The molecule has 0 radical (unpaired) electrons. The number of thiophene rings is 1. The number of anilines is 1. The van der Waals surface area contributed by atoms with Crippen molar-refractivity contribution >= 4 is 22.9 Å². The van der Waals surface area contributed by atoms with Gasteiger partial charge in [0, 0.05) is 18.2 Å². The van der Waals surface area contributed by atoms with E-state index in [1.54, 1.807) is 13.0 Å². The van der Waals surface area contributed by atoms with E-state index in [9.17, 15) is 4.79 Å². The molecule has 0 aliphatic heterocycles. The number of benzene rings is 1. The van der Waals surface area contributed by atoms with E-state index >= 15 is 0 Å². The lowest BCUT2D eigenvalue weighted by Gasteiger charge is -2.04. The Morgan fingerprint density at radius 3 is 2.90 bits per heavy atom. The van der Waals surface area contributed by atoms with Crippen LogP contribution in [-0.4, -0.2) is 16.0 Å². The van der Waals surface area contributed by atoms with Crippen LogP contribution in [0.4, 0.5) is 5.69 Å². The number of aromatic nitrogens is 2. The highest BCUT2D eigenvalue weighted by Crippen LogP contribution is 2.21. The quantitative estimate of drug-likeness (QED) is 0.801. The number of hydrogen-bond acceptors (Lipinski definition) is 5. The molecule has 0 spiro atoms. The van der Waals surface area contributed by atoms with Crippen molar-refractivity contribution < 1.29 is 9.32 Å². The lowest BCUT2D eigenvalue weighted by Crippen LogP contribution is -2.09.